The van der Waals surface area contributed by atoms with E-state index in [1.165, 1.54) is 0 Å². The van der Waals surface area contributed by atoms with Gasteiger partial charge >= 0.3 is 0 Å². The molecule has 2 heterocycles. The van der Waals surface area contributed by atoms with Crippen LogP contribution in [0.3, 0.4) is 0 Å². The van der Waals surface area contributed by atoms with Crippen molar-refractivity contribution in [2.75, 3.05) is 31.9 Å². The lowest BCUT2D eigenvalue weighted by Crippen LogP contribution is -2.39. The predicted molar refractivity (Wildman–Crippen MR) is 69.6 cm³/mol. The van der Waals surface area contributed by atoms with Crippen LogP contribution in [-0.4, -0.2) is 37.2 Å². The number of nitrogen functional groups attached to an aromatic ring is 1. The van der Waals surface area contributed by atoms with Gasteiger partial charge in [-0.05, 0) is 31.0 Å². The second kappa shape index (κ2) is 5.95. The summed E-state index contributed by atoms with van der Waals surface area (Å²) in [5, 5.41) is 6.87. The van der Waals surface area contributed by atoms with Crippen LogP contribution in [0.1, 0.15) is 5.69 Å². The van der Waals surface area contributed by atoms with Crippen molar-refractivity contribution >= 4 is 5.82 Å². The first-order valence-electron chi connectivity index (χ1n) is 6.15. The van der Waals surface area contributed by atoms with Gasteiger partial charge in [0, 0.05) is 31.4 Å². The molecule has 1 aliphatic rings. The van der Waals surface area contributed by atoms with Gasteiger partial charge in [0.2, 0.25) is 0 Å². The summed E-state index contributed by atoms with van der Waals surface area (Å²) in [7, 11) is 0. The minimum absolute atomic E-state index is 0.488. The lowest BCUT2D eigenvalue weighted by molar-refractivity contribution is 0.426. The van der Waals surface area contributed by atoms with Crippen molar-refractivity contribution in [2.45, 2.75) is 12.5 Å². The van der Waals surface area contributed by atoms with Crippen LogP contribution in [-0.2, 0) is 6.42 Å². The van der Waals surface area contributed by atoms with E-state index in [1.54, 1.807) is 0 Å². The van der Waals surface area contributed by atoms with Crippen molar-refractivity contribution in [3.05, 3.63) is 23.9 Å². The fraction of sp³-hybridized carbons (Fsp3) is 0.583. The maximum Gasteiger partial charge on any atom is 0.123 e. The van der Waals surface area contributed by atoms with E-state index >= 15 is 0 Å². The quantitative estimate of drug-likeness (QED) is 0.544. The summed E-state index contributed by atoms with van der Waals surface area (Å²) >= 11 is 0. The molecule has 1 saturated heterocycles. The molecular formula is C12H21N5. The molecule has 1 aromatic heterocycles. The first-order valence-corrected chi connectivity index (χ1v) is 6.15. The molecule has 1 aliphatic heterocycles. The molecule has 0 aliphatic carbocycles. The Morgan fingerprint density at radius 3 is 3.06 bits per heavy atom. The highest BCUT2D eigenvalue weighted by Crippen LogP contribution is 2.15. The summed E-state index contributed by atoms with van der Waals surface area (Å²) in [6.45, 7) is 3.58. The van der Waals surface area contributed by atoms with Gasteiger partial charge in [-0.3, -0.25) is 0 Å². The number of nitrogens with one attached hydrogen (secondary N) is 2. The van der Waals surface area contributed by atoms with Crippen molar-refractivity contribution in [2.24, 2.45) is 11.7 Å². The number of nitrogens with zero attached hydrogens (tertiary/aromatic N) is 1. The van der Waals surface area contributed by atoms with E-state index in [9.17, 15) is 0 Å². The Hall–Kier alpha value is -1.17. The van der Waals surface area contributed by atoms with E-state index in [-0.39, 0.29) is 0 Å². The molecule has 17 heavy (non-hydrogen) atoms. The highest BCUT2D eigenvalue weighted by molar-refractivity contribution is 5.29. The van der Waals surface area contributed by atoms with E-state index in [0.717, 1.165) is 31.7 Å². The lowest BCUT2D eigenvalue weighted by Gasteiger charge is -2.19. The number of aromatic nitrogens is 1. The van der Waals surface area contributed by atoms with Crippen LogP contribution < -0.4 is 22.1 Å². The summed E-state index contributed by atoms with van der Waals surface area (Å²) in [4.78, 5) is 4.35. The Morgan fingerprint density at radius 1 is 1.41 bits per heavy atom. The Balaban J connectivity index is 1.93. The van der Waals surface area contributed by atoms with Gasteiger partial charge in [-0.1, -0.05) is 6.07 Å². The van der Waals surface area contributed by atoms with Crippen LogP contribution in [0.15, 0.2) is 18.2 Å². The molecule has 94 valence electrons. The lowest BCUT2D eigenvalue weighted by atomic mass is 9.97. The van der Waals surface area contributed by atoms with Gasteiger partial charge in [0.25, 0.3) is 0 Å². The van der Waals surface area contributed by atoms with Crippen LogP contribution in [0.5, 0.6) is 0 Å². The monoisotopic (exact) mass is 235 g/mol. The van der Waals surface area contributed by atoms with Gasteiger partial charge in [0.05, 0.1) is 0 Å². The number of hydrogen-bond acceptors (Lipinski definition) is 5. The van der Waals surface area contributed by atoms with E-state index in [4.69, 9.17) is 11.5 Å². The molecule has 0 bridgehead atoms. The van der Waals surface area contributed by atoms with Crippen molar-refractivity contribution in [1.82, 2.24) is 15.6 Å². The normalized spacial score (nSPS) is 24.1. The predicted octanol–water partition coefficient (Wildman–Crippen LogP) is -0.657. The fourth-order valence-electron chi connectivity index (χ4n) is 2.34. The molecule has 1 aromatic rings. The fourth-order valence-corrected chi connectivity index (χ4v) is 2.34. The Kier molecular flexibility index (Phi) is 4.30. The van der Waals surface area contributed by atoms with Gasteiger partial charge in [-0.15, -0.1) is 0 Å². The van der Waals surface area contributed by atoms with Gasteiger partial charge < -0.3 is 22.1 Å². The average molecular weight is 235 g/mol. The van der Waals surface area contributed by atoms with Crippen molar-refractivity contribution in [1.29, 1.82) is 0 Å². The van der Waals surface area contributed by atoms with Crippen molar-refractivity contribution in [3.63, 3.8) is 0 Å². The molecule has 2 rings (SSSR count). The van der Waals surface area contributed by atoms with Crippen LogP contribution in [0.2, 0.25) is 0 Å². The molecule has 1 fully saturated rings. The zero-order valence-electron chi connectivity index (χ0n) is 10.0. The van der Waals surface area contributed by atoms with Crippen LogP contribution >= 0.6 is 0 Å². The largest absolute Gasteiger partial charge is 0.384 e. The van der Waals surface area contributed by atoms with E-state index in [2.05, 4.69) is 15.6 Å². The smallest absolute Gasteiger partial charge is 0.123 e. The number of pyridine rings is 1. The zero-order chi connectivity index (χ0) is 12.1. The molecule has 5 nitrogen and oxygen atoms in total. The van der Waals surface area contributed by atoms with E-state index in [1.807, 2.05) is 18.2 Å². The van der Waals surface area contributed by atoms with Crippen LogP contribution in [0, 0.1) is 5.92 Å². The van der Waals surface area contributed by atoms with Gasteiger partial charge in [0.15, 0.2) is 0 Å². The Labute approximate surface area is 102 Å². The SMILES string of the molecule is NCCN[C@H]1CNC[C@@H]1Cc1cccc(N)n1. The summed E-state index contributed by atoms with van der Waals surface area (Å²) in [6, 6.07) is 6.30. The zero-order valence-corrected chi connectivity index (χ0v) is 10.0. The molecule has 0 saturated carbocycles. The molecule has 6 N–H and O–H groups in total. The average Bonchev–Trinajstić information content (AvgIpc) is 2.74. The standard InChI is InChI=1S/C12H21N5/c13-4-5-16-11-8-15-7-9(11)6-10-2-1-3-12(14)17-10/h1-3,9,11,15-16H,4-8,13H2,(H2,14,17)/t9-,11-/m0/s1. The summed E-state index contributed by atoms with van der Waals surface area (Å²) in [6.07, 6.45) is 0.959. The van der Waals surface area contributed by atoms with E-state index < -0.39 is 0 Å². The topological polar surface area (TPSA) is 89.0 Å². The molecule has 5 heteroatoms. The first-order chi connectivity index (χ1) is 8.29. The Bertz CT molecular complexity index is 355. The van der Waals surface area contributed by atoms with E-state index in [0.29, 0.717) is 24.3 Å². The molecule has 0 aromatic carbocycles. The minimum Gasteiger partial charge on any atom is -0.384 e. The minimum atomic E-state index is 0.488. The van der Waals surface area contributed by atoms with Gasteiger partial charge in [-0.25, -0.2) is 4.98 Å². The maximum atomic E-state index is 5.69. The molecule has 0 spiro atoms. The third kappa shape index (κ3) is 3.39. The second-order valence-corrected chi connectivity index (χ2v) is 4.53. The maximum absolute atomic E-state index is 5.69. The summed E-state index contributed by atoms with van der Waals surface area (Å²) in [5.74, 6) is 1.16. The molecule has 2 atom stereocenters. The van der Waals surface area contributed by atoms with Gasteiger partial charge in [0.1, 0.15) is 5.82 Å². The number of rotatable bonds is 5. The Morgan fingerprint density at radius 2 is 2.29 bits per heavy atom. The molecule has 0 radical (unpaired) electrons. The summed E-state index contributed by atoms with van der Waals surface area (Å²) < 4.78 is 0. The van der Waals surface area contributed by atoms with Crippen LogP contribution in [0.25, 0.3) is 0 Å². The van der Waals surface area contributed by atoms with Gasteiger partial charge in [-0.2, -0.15) is 0 Å². The highest BCUT2D eigenvalue weighted by Gasteiger charge is 2.26. The molecule has 0 unspecified atom stereocenters. The number of nitrogens with two attached hydrogens (primary N) is 2. The molecular weight excluding hydrogens is 214 g/mol. The third-order valence-electron chi connectivity index (χ3n) is 3.19. The summed E-state index contributed by atoms with van der Waals surface area (Å²) in [5.41, 5.74) is 12.3. The highest BCUT2D eigenvalue weighted by atomic mass is 15.0. The van der Waals surface area contributed by atoms with Crippen molar-refractivity contribution < 1.29 is 0 Å². The van der Waals surface area contributed by atoms with Crippen LogP contribution in [0.4, 0.5) is 5.82 Å². The second-order valence-electron chi connectivity index (χ2n) is 4.53. The number of anilines is 1. The first kappa shape index (κ1) is 12.3. The third-order valence-corrected chi connectivity index (χ3v) is 3.19. The molecule has 0 amide bonds. The number of hydrogen-bond donors (Lipinski definition) is 4. The van der Waals surface area contributed by atoms with Crippen molar-refractivity contribution in [3.8, 4) is 0 Å².